The van der Waals surface area contributed by atoms with Crippen LogP contribution in [0, 0.1) is 0 Å². The van der Waals surface area contributed by atoms with Gasteiger partial charge < -0.3 is 13.3 Å². The van der Waals surface area contributed by atoms with Gasteiger partial charge in [0.1, 0.15) is 0 Å². The Balaban J connectivity index is 3.38. The average Bonchev–Trinajstić information content (AvgIpc) is 1.90. The average molecular weight is 164 g/mol. The van der Waals surface area contributed by atoms with E-state index in [2.05, 4.69) is 4.43 Å². The fourth-order valence-electron chi connectivity index (χ4n) is 0.444. The molecule has 0 radical (unpaired) electrons. The SMILES string of the molecule is CCO[SiH](OC=O)OCC. The molecule has 10 heavy (non-hydrogen) atoms. The first-order valence-corrected chi connectivity index (χ1v) is 4.58. The van der Waals surface area contributed by atoms with Gasteiger partial charge in [0.2, 0.25) is 0 Å². The van der Waals surface area contributed by atoms with E-state index in [1.54, 1.807) is 0 Å². The van der Waals surface area contributed by atoms with Crippen LogP contribution in [0.2, 0.25) is 0 Å². The second-order valence-corrected chi connectivity index (χ2v) is 2.95. The van der Waals surface area contributed by atoms with E-state index >= 15 is 0 Å². The number of hydrogen-bond acceptors (Lipinski definition) is 4. The molecule has 0 unspecified atom stereocenters. The highest BCUT2D eigenvalue weighted by Crippen LogP contribution is 1.88. The van der Waals surface area contributed by atoms with Crippen LogP contribution >= 0.6 is 0 Å². The van der Waals surface area contributed by atoms with Crippen molar-refractivity contribution in [3.05, 3.63) is 0 Å². The minimum absolute atomic E-state index is 0.363. The van der Waals surface area contributed by atoms with Crippen molar-refractivity contribution in [1.29, 1.82) is 0 Å². The summed E-state index contributed by atoms with van der Waals surface area (Å²) in [5.74, 6) is 0. The standard InChI is InChI=1S/C5H12O4Si/c1-3-7-10(8-4-2)9-5-6/h5,10H,3-4H2,1-2H3. The van der Waals surface area contributed by atoms with E-state index in [0.29, 0.717) is 19.7 Å². The molecule has 5 heteroatoms. The van der Waals surface area contributed by atoms with Gasteiger partial charge >= 0.3 is 9.53 Å². The predicted molar refractivity (Wildman–Crippen MR) is 37.6 cm³/mol. The van der Waals surface area contributed by atoms with Gasteiger partial charge in [-0.05, 0) is 13.8 Å². The zero-order chi connectivity index (χ0) is 7.82. The summed E-state index contributed by atoms with van der Waals surface area (Å²) in [6.07, 6.45) is 0. The highest BCUT2D eigenvalue weighted by Gasteiger charge is 2.13. The molecular formula is C5H12O4Si. The van der Waals surface area contributed by atoms with Gasteiger partial charge in [0.15, 0.2) is 0 Å². The summed E-state index contributed by atoms with van der Waals surface area (Å²) in [7, 11) is -2.10. The van der Waals surface area contributed by atoms with Crippen LogP contribution in [0.25, 0.3) is 0 Å². The van der Waals surface area contributed by atoms with Crippen molar-refractivity contribution in [1.82, 2.24) is 0 Å². The van der Waals surface area contributed by atoms with Crippen molar-refractivity contribution < 1.29 is 18.1 Å². The zero-order valence-corrected chi connectivity index (χ0v) is 7.36. The third-order valence-electron chi connectivity index (χ3n) is 0.772. The van der Waals surface area contributed by atoms with Crippen LogP contribution in [0.3, 0.4) is 0 Å². The molecule has 0 aromatic rings. The van der Waals surface area contributed by atoms with Crippen LogP contribution in [0.15, 0.2) is 0 Å². The lowest BCUT2D eigenvalue weighted by Crippen LogP contribution is -2.26. The topological polar surface area (TPSA) is 44.8 Å². The maximum absolute atomic E-state index is 9.82. The van der Waals surface area contributed by atoms with Crippen LogP contribution in [0.5, 0.6) is 0 Å². The first-order valence-electron chi connectivity index (χ1n) is 3.17. The van der Waals surface area contributed by atoms with Crippen molar-refractivity contribution >= 4 is 16.0 Å². The number of carbonyl (C=O) groups is 1. The Labute approximate surface area is 62.0 Å². The Bertz CT molecular complexity index is 81.7. The van der Waals surface area contributed by atoms with Crippen LogP contribution < -0.4 is 0 Å². The molecule has 0 amide bonds. The molecule has 0 atom stereocenters. The summed E-state index contributed by atoms with van der Waals surface area (Å²) in [5, 5.41) is 0. The summed E-state index contributed by atoms with van der Waals surface area (Å²) in [6.45, 7) is 5.05. The molecule has 0 aromatic heterocycles. The zero-order valence-electron chi connectivity index (χ0n) is 6.20. The quantitative estimate of drug-likeness (QED) is 0.408. The van der Waals surface area contributed by atoms with Crippen LogP contribution in [0.1, 0.15) is 13.8 Å². The van der Waals surface area contributed by atoms with E-state index < -0.39 is 9.53 Å². The lowest BCUT2D eigenvalue weighted by atomic mass is 10.9. The molecule has 0 saturated heterocycles. The summed E-state index contributed by atoms with van der Waals surface area (Å²) < 4.78 is 14.5. The normalized spacial score (nSPS) is 9.90. The molecular weight excluding hydrogens is 152 g/mol. The van der Waals surface area contributed by atoms with Crippen molar-refractivity contribution in [2.45, 2.75) is 13.8 Å². The van der Waals surface area contributed by atoms with E-state index in [1.807, 2.05) is 13.8 Å². The van der Waals surface area contributed by atoms with Crippen LogP contribution in [-0.2, 0) is 18.1 Å². The summed E-state index contributed by atoms with van der Waals surface area (Å²) in [6, 6.07) is 0. The number of hydrogen-bond donors (Lipinski definition) is 0. The Morgan fingerprint density at radius 3 is 2.10 bits per heavy atom. The molecule has 0 aliphatic rings. The fourth-order valence-corrected chi connectivity index (χ4v) is 1.33. The Morgan fingerprint density at radius 2 is 1.80 bits per heavy atom. The largest absolute Gasteiger partial charge is 0.551 e. The third kappa shape index (κ3) is 4.48. The highest BCUT2D eigenvalue weighted by atomic mass is 28.3. The molecule has 60 valence electrons. The third-order valence-corrected chi connectivity index (χ3v) is 2.32. The lowest BCUT2D eigenvalue weighted by Gasteiger charge is -2.10. The molecule has 0 aliphatic carbocycles. The summed E-state index contributed by atoms with van der Waals surface area (Å²) in [4.78, 5) is 9.82. The van der Waals surface area contributed by atoms with Crippen molar-refractivity contribution in [3.63, 3.8) is 0 Å². The molecule has 0 rings (SSSR count). The fraction of sp³-hybridized carbons (Fsp3) is 0.800. The predicted octanol–water partition coefficient (Wildman–Crippen LogP) is -0.0504. The monoisotopic (exact) mass is 164 g/mol. The molecule has 0 saturated carbocycles. The van der Waals surface area contributed by atoms with Gasteiger partial charge in [-0.25, -0.2) is 0 Å². The molecule has 4 nitrogen and oxygen atoms in total. The number of carbonyl (C=O) groups excluding carboxylic acids is 1. The second-order valence-electron chi connectivity index (χ2n) is 1.43. The molecule has 0 fully saturated rings. The number of rotatable bonds is 6. The van der Waals surface area contributed by atoms with Crippen LogP contribution in [0.4, 0.5) is 0 Å². The maximum Gasteiger partial charge on any atom is 0.551 e. The molecule has 0 aromatic carbocycles. The van der Waals surface area contributed by atoms with Gasteiger partial charge in [0.05, 0.1) is 0 Å². The van der Waals surface area contributed by atoms with Crippen molar-refractivity contribution in [2.24, 2.45) is 0 Å². The van der Waals surface area contributed by atoms with Crippen LogP contribution in [-0.4, -0.2) is 29.2 Å². The smallest absolute Gasteiger partial charge is 0.478 e. The highest BCUT2D eigenvalue weighted by molar-refractivity contribution is 6.38. The van der Waals surface area contributed by atoms with Crippen molar-refractivity contribution in [3.8, 4) is 0 Å². The van der Waals surface area contributed by atoms with Gasteiger partial charge in [-0.2, -0.15) is 0 Å². The van der Waals surface area contributed by atoms with E-state index in [9.17, 15) is 4.79 Å². The van der Waals surface area contributed by atoms with E-state index in [0.717, 1.165) is 0 Å². The molecule has 0 aliphatic heterocycles. The van der Waals surface area contributed by atoms with Gasteiger partial charge in [-0.15, -0.1) is 0 Å². The Morgan fingerprint density at radius 1 is 1.30 bits per heavy atom. The Hall–Kier alpha value is -0.393. The summed E-state index contributed by atoms with van der Waals surface area (Å²) in [5.41, 5.74) is 0. The molecule has 0 heterocycles. The molecule has 0 bridgehead atoms. The van der Waals surface area contributed by atoms with Gasteiger partial charge in [0.25, 0.3) is 6.47 Å². The first-order chi connectivity index (χ1) is 4.85. The van der Waals surface area contributed by atoms with Gasteiger partial charge in [0, 0.05) is 13.2 Å². The second kappa shape index (κ2) is 6.72. The maximum atomic E-state index is 9.82. The first kappa shape index (κ1) is 9.61. The van der Waals surface area contributed by atoms with Gasteiger partial charge in [-0.3, -0.25) is 4.79 Å². The minimum atomic E-state index is -2.10. The minimum Gasteiger partial charge on any atom is -0.478 e. The lowest BCUT2D eigenvalue weighted by molar-refractivity contribution is -0.123. The van der Waals surface area contributed by atoms with E-state index in [4.69, 9.17) is 8.85 Å². The Kier molecular flexibility index (Phi) is 6.46. The van der Waals surface area contributed by atoms with Crippen molar-refractivity contribution in [2.75, 3.05) is 13.2 Å². The van der Waals surface area contributed by atoms with E-state index in [-0.39, 0.29) is 0 Å². The summed E-state index contributed by atoms with van der Waals surface area (Å²) >= 11 is 0. The van der Waals surface area contributed by atoms with Gasteiger partial charge in [-0.1, -0.05) is 0 Å². The molecule has 0 N–H and O–H groups in total. The molecule has 0 spiro atoms. The van der Waals surface area contributed by atoms with E-state index in [1.165, 1.54) is 0 Å².